The van der Waals surface area contributed by atoms with E-state index in [0.29, 0.717) is 61.4 Å². The maximum absolute atomic E-state index is 12.7. The number of ether oxygens (including phenoxy) is 2. The molecule has 23 heteroatoms. The Morgan fingerprint density at radius 1 is 0.579 bits per heavy atom. The average molecular weight is 1230 g/mol. The van der Waals surface area contributed by atoms with E-state index in [1.807, 2.05) is 125 Å². The third-order valence-corrected chi connectivity index (χ3v) is 11.0. The van der Waals surface area contributed by atoms with E-state index >= 15 is 0 Å². The number of alkyl halides is 1. The standard InChI is InChI=1S/C18H17BrClN3O2.C18H18ClN3O3.C14H13N3O.3CH4.3Ar.Na.H2O/c1-18(2,3)25-17(24)23-12(10-19)9-13-14(20)21-15(22-16(13)23)11-7-5-4-6-8-11;1-18(2,3)25-17(24)22-12(10-23)9-13-14(19)20-15(21-16(13)22)11-7-5-4-6-8-11;1-9-12-7-11(8-18)16-14(12)17-13(15-9)10-5-3-2-4-6-10;;;;;;;;/h4-9H,10H2,1-3H3;4-9,23H,10H2,1-3H3;2-7,18H,8H2,1H3,(H,15,16,17);3*1H4;;;;;1H2/q;;;;;;;;;+1;/p-1. The van der Waals surface area contributed by atoms with Gasteiger partial charge in [-0.1, -0.05) is 152 Å². The summed E-state index contributed by atoms with van der Waals surface area (Å²) in [7, 11) is 0. The molecule has 0 amide bonds. The van der Waals surface area contributed by atoms with Crippen molar-refractivity contribution in [1.29, 1.82) is 0 Å². The number of nitrogens with zero attached hydrogens (tertiary/aromatic N) is 8. The zero-order valence-corrected chi connectivity index (χ0v) is 48.0. The zero-order valence-electron chi connectivity index (χ0n) is 40.8. The quantitative estimate of drug-likeness (QED) is 0.0801. The van der Waals surface area contributed by atoms with Gasteiger partial charge >= 0.3 is 41.7 Å². The van der Waals surface area contributed by atoms with Gasteiger partial charge < -0.3 is 30.1 Å². The summed E-state index contributed by atoms with van der Waals surface area (Å²) in [6, 6.07) is 33.9. The molecule has 0 spiro atoms. The van der Waals surface area contributed by atoms with Gasteiger partial charge in [-0.2, -0.15) is 0 Å². The Hall–Kier alpha value is -1.82. The minimum absolute atomic E-state index is 0. The SMILES string of the molecule is C.C.C.CC(C)(C)OC(=O)n1c(CBr)cc2c(Cl)nc(-c3ccccc3)nc21.CC(C)(C)OC(=O)n1c(CO)cc2c(Cl)nc(-c3ccccc3)nc21.Cc1nc(-c2ccccc2)nc2[nH]c(CO)cc12.[Ar].[Ar].[Ar].[Na+].[OH-]. The Morgan fingerprint density at radius 2 is 0.947 bits per heavy atom. The minimum Gasteiger partial charge on any atom is -0.870 e. The zero-order chi connectivity index (χ0) is 48.9. The number of H-pyrrole nitrogens is 1. The van der Waals surface area contributed by atoms with E-state index in [-0.39, 0.29) is 189 Å². The summed E-state index contributed by atoms with van der Waals surface area (Å²) in [5, 5.41) is 21.8. The van der Waals surface area contributed by atoms with Gasteiger partial charge in [0.2, 0.25) is 0 Å². The normalized spacial score (nSPS) is 10.3. The van der Waals surface area contributed by atoms with Crippen molar-refractivity contribution in [1.82, 2.24) is 44.0 Å². The first-order valence-corrected chi connectivity index (χ1v) is 23.2. The number of aryl methyl sites for hydroxylation is 1. The maximum Gasteiger partial charge on any atom is 1.00 e. The van der Waals surface area contributed by atoms with Crippen LogP contribution in [0.5, 0.6) is 0 Å². The van der Waals surface area contributed by atoms with E-state index in [0.717, 1.165) is 39.1 Å². The number of benzene rings is 3. The Labute approximate surface area is 574 Å². The van der Waals surface area contributed by atoms with Crippen molar-refractivity contribution in [2.75, 3.05) is 0 Å². The number of nitrogens with one attached hydrogen (secondary N) is 1. The number of hydrogen-bond acceptors (Lipinski definition) is 13. The van der Waals surface area contributed by atoms with Crippen LogP contribution in [0.4, 0.5) is 9.59 Å². The van der Waals surface area contributed by atoms with Crippen LogP contribution in [-0.2, 0) is 28.0 Å². The second-order valence-electron chi connectivity index (χ2n) is 17.3. The molecule has 0 aliphatic heterocycles. The van der Waals surface area contributed by atoms with Gasteiger partial charge in [-0.25, -0.2) is 48.6 Å². The topological polar surface area (TPSA) is 226 Å². The van der Waals surface area contributed by atoms with E-state index in [4.69, 9.17) is 37.8 Å². The van der Waals surface area contributed by atoms with Crippen LogP contribution >= 0.6 is 39.1 Å². The van der Waals surface area contributed by atoms with Crippen molar-refractivity contribution in [2.45, 2.75) is 100 Å². The van der Waals surface area contributed by atoms with Gasteiger partial charge in [0.25, 0.3) is 0 Å². The molecule has 6 aromatic heterocycles. The first-order chi connectivity index (χ1) is 32.4. The Morgan fingerprint density at radius 3 is 1.30 bits per heavy atom. The van der Waals surface area contributed by atoms with Gasteiger partial charge in [-0.3, -0.25) is 0 Å². The predicted molar refractivity (Wildman–Crippen MR) is 290 cm³/mol. The fourth-order valence-electron chi connectivity index (χ4n) is 6.87. The maximum atomic E-state index is 12.7. The van der Waals surface area contributed by atoms with E-state index in [9.17, 15) is 14.7 Å². The molecule has 0 atom stereocenters. The van der Waals surface area contributed by atoms with Gasteiger partial charge in [-0.05, 0) is 66.7 Å². The van der Waals surface area contributed by atoms with Crippen LogP contribution in [0.1, 0.15) is 86.6 Å². The van der Waals surface area contributed by atoms with Gasteiger partial charge in [-0.15, -0.1) is 0 Å². The second kappa shape index (κ2) is 33.8. The second-order valence-corrected chi connectivity index (χ2v) is 18.6. The van der Waals surface area contributed by atoms with Crippen molar-refractivity contribution in [2.24, 2.45) is 0 Å². The number of halogens is 3. The van der Waals surface area contributed by atoms with Crippen molar-refractivity contribution < 1.29 is 178 Å². The van der Waals surface area contributed by atoms with Crippen molar-refractivity contribution in [3.8, 4) is 34.2 Å². The van der Waals surface area contributed by atoms with Gasteiger partial charge in [0.05, 0.1) is 35.4 Å². The molecule has 3 aromatic carbocycles. The fraction of sp³-hybridized carbons (Fsp3) is 0.283. The van der Waals surface area contributed by atoms with Crippen LogP contribution in [0.25, 0.3) is 67.3 Å². The molecule has 0 aliphatic rings. The van der Waals surface area contributed by atoms with Crippen LogP contribution in [0.2, 0.25) is 10.3 Å². The average Bonchev–Trinajstić information content (AvgIpc) is 4.03. The molecule has 6 heterocycles. The third kappa shape index (κ3) is 19.2. The van der Waals surface area contributed by atoms with Crippen molar-refractivity contribution in [3.05, 3.63) is 142 Å². The molecule has 0 unspecified atom stereocenters. The Bertz CT molecular complexity index is 3120. The van der Waals surface area contributed by atoms with E-state index in [2.05, 4.69) is 50.8 Å². The Kier molecular flexibility index (Phi) is 33.9. The van der Waals surface area contributed by atoms with Gasteiger partial charge in [0.15, 0.2) is 28.8 Å². The molecule has 9 aromatic rings. The summed E-state index contributed by atoms with van der Waals surface area (Å²) in [6.45, 7) is 12.4. The molecular weight excluding hydrogens is 1170 g/mol. The monoisotopic (exact) mass is 1230 g/mol. The van der Waals surface area contributed by atoms with Crippen LogP contribution < -0.4 is 29.6 Å². The summed E-state index contributed by atoms with van der Waals surface area (Å²) in [6.07, 6.45) is -1.12. The van der Waals surface area contributed by atoms with Gasteiger partial charge in [0, 0.05) is 152 Å². The van der Waals surface area contributed by atoms with Crippen LogP contribution in [0, 0.1) is 120 Å². The molecule has 0 bridgehead atoms. The fourth-order valence-corrected chi connectivity index (χ4v) is 7.72. The number of aromatic nitrogens is 9. The largest absolute Gasteiger partial charge is 1.00 e. The molecular formula is C53H61Ar3BrCl2N9NaO7. The summed E-state index contributed by atoms with van der Waals surface area (Å²) < 4.78 is 13.6. The number of carbonyl (C=O) groups excluding carboxylic acids is 2. The number of rotatable bonds is 6. The molecule has 76 heavy (non-hydrogen) atoms. The summed E-state index contributed by atoms with van der Waals surface area (Å²) in [4.78, 5) is 55.1. The van der Waals surface area contributed by atoms with E-state index in [1.165, 1.54) is 9.13 Å². The summed E-state index contributed by atoms with van der Waals surface area (Å²) >= 11 is 16.1. The first kappa shape index (κ1) is 76.2. The molecule has 0 saturated heterocycles. The molecule has 9 rings (SSSR count). The molecule has 0 aliphatic carbocycles. The molecule has 0 saturated carbocycles. The van der Waals surface area contributed by atoms with Gasteiger partial charge in [0.1, 0.15) is 27.2 Å². The van der Waals surface area contributed by atoms with E-state index in [1.54, 1.807) is 32.9 Å². The number of aromatic amines is 1. The summed E-state index contributed by atoms with van der Waals surface area (Å²) in [5.41, 5.74) is 5.50. The van der Waals surface area contributed by atoms with Crippen LogP contribution in [-0.4, -0.2) is 83.1 Å². The summed E-state index contributed by atoms with van der Waals surface area (Å²) in [5.74, 6) is 1.56. The smallest absolute Gasteiger partial charge is 0.870 e. The predicted octanol–water partition coefficient (Wildman–Crippen LogP) is 10.6. The number of aliphatic hydroxyl groups is 2. The third-order valence-electron chi connectivity index (χ3n) is 9.83. The van der Waals surface area contributed by atoms with Crippen molar-refractivity contribution in [3.63, 3.8) is 0 Å². The van der Waals surface area contributed by atoms with Crippen LogP contribution in [0.15, 0.2) is 109 Å². The van der Waals surface area contributed by atoms with E-state index < -0.39 is 23.4 Å². The number of fused-ring (bicyclic) bond motifs is 3. The molecule has 406 valence electrons. The molecule has 16 nitrogen and oxygen atoms in total. The first-order valence-electron chi connectivity index (χ1n) is 21.3. The molecule has 0 fully saturated rings. The number of hydrogen-bond donors (Lipinski definition) is 3. The van der Waals surface area contributed by atoms with Crippen LogP contribution in [0.3, 0.4) is 0 Å². The Balaban J connectivity index is 0. The minimum atomic E-state index is -0.681. The van der Waals surface area contributed by atoms with Crippen molar-refractivity contribution >= 4 is 84.4 Å². The number of aliphatic hydroxyl groups excluding tert-OH is 2. The molecule has 4 N–H and O–H groups in total. The molecule has 0 radical (unpaired) electrons. The number of carbonyl (C=O) groups is 2.